The molecule has 15 heavy (non-hydrogen) atoms. The lowest BCUT2D eigenvalue weighted by atomic mass is 10.0. The minimum atomic E-state index is -0.539. The van der Waals surface area contributed by atoms with E-state index in [4.69, 9.17) is 4.74 Å². The fraction of sp³-hybridized carbons (Fsp3) is 0.909. The van der Waals surface area contributed by atoms with Crippen molar-refractivity contribution in [2.75, 3.05) is 13.2 Å². The van der Waals surface area contributed by atoms with Gasteiger partial charge in [0.2, 0.25) is 0 Å². The summed E-state index contributed by atoms with van der Waals surface area (Å²) in [5, 5.41) is 0. The van der Waals surface area contributed by atoms with E-state index in [2.05, 4.69) is 18.6 Å². The average Bonchev–Trinajstić information content (AvgIpc) is 2.19. The monoisotopic (exact) mass is 226 g/mol. The fourth-order valence-corrected chi connectivity index (χ4v) is 1.24. The molecule has 0 spiro atoms. The summed E-state index contributed by atoms with van der Waals surface area (Å²) in [7, 11) is 0. The predicted octanol–water partition coefficient (Wildman–Crippen LogP) is 3.00. The van der Waals surface area contributed by atoms with Gasteiger partial charge in [-0.1, -0.05) is 33.1 Å². The standard InChI is InChI=1S/C11H22O3.Mg/c1-4-7-8-10(5-2)9-14-11(12)13-6-3;/h10H,4-9H2,1-3H3;. The summed E-state index contributed by atoms with van der Waals surface area (Å²) in [6.45, 7) is 6.93. The molecule has 1 atom stereocenters. The molecule has 0 aliphatic rings. The van der Waals surface area contributed by atoms with E-state index in [-0.39, 0.29) is 23.1 Å². The van der Waals surface area contributed by atoms with Gasteiger partial charge in [0, 0.05) is 23.1 Å². The van der Waals surface area contributed by atoms with Crippen LogP contribution in [0.15, 0.2) is 0 Å². The van der Waals surface area contributed by atoms with Gasteiger partial charge in [0.1, 0.15) is 0 Å². The van der Waals surface area contributed by atoms with Crippen LogP contribution in [-0.4, -0.2) is 42.4 Å². The second-order valence-electron chi connectivity index (χ2n) is 3.41. The van der Waals surface area contributed by atoms with E-state index in [1.54, 1.807) is 6.92 Å². The second kappa shape index (κ2) is 12.1. The SMILES string of the molecule is CCCCC(CC)COC(=O)OCC.[Mg]. The molecule has 0 aromatic rings. The normalized spacial score (nSPS) is 11.4. The summed E-state index contributed by atoms with van der Waals surface area (Å²) in [5.74, 6) is 0.486. The largest absolute Gasteiger partial charge is 0.508 e. The highest BCUT2D eigenvalue weighted by Gasteiger charge is 2.09. The number of hydrogen-bond acceptors (Lipinski definition) is 3. The maximum absolute atomic E-state index is 10.9. The van der Waals surface area contributed by atoms with Crippen LogP contribution < -0.4 is 0 Å². The van der Waals surface area contributed by atoms with Crippen LogP contribution >= 0.6 is 0 Å². The summed E-state index contributed by atoms with van der Waals surface area (Å²) < 4.78 is 9.65. The van der Waals surface area contributed by atoms with Gasteiger partial charge in [-0.15, -0.1) is 0 Å². The van der Waals surface area contributed by atoms with E-state index in [0.29, 0.717) is 19.1 Å². The van der Waals surface area contributed by atoms with Crippen molar-refractivity contribution in [2.45, 2.75) is 46.5 Å². The Bertz CT molecular complexity index is 151. The van der Waals surface area contributed by atoms with Crippen LogP contribution in [0.25, 0.3) is 0 Å². The first-order valence-corrected chi connectivity index (χ1v) is 5.54. The zero-order chi connectivity index (χ0) is 10.8. The van der Waals surface area contributed by atoms with Crippen molar-refractivity contribution in [3.63, 3.8) is 0 Å². The van der Waals surface area contributed by atoms with Crippen LogP contribution in [0, 0.1) is 5.92 Å². The molecular formula is C11H22MgO3. The third kappa shape index (κ3) is 10.3. The average molecular weight is 227 g/mol. The minimum absolute atomic E-state index is 0. The zero-order valence-corrected chi connectivity index (χ0v) is 11.7. The van der Waals surface area contributed by atoms with Gasteiger partial charge in [-0.05, 0) is 19.3 Å². The topological polar surface area (TPSA) is 35.5 Å². The Kier molecular flexibility index (Phi) is 14.1. The van der Waals surface area contributed by atoms with Crippen molar-refractivity contribution in [1.82, 2.24) is 0 Å². The molecule has 0 aliphatic carbocycles. The molecule has 0 saturated heterocycles. The Morgan fingerprint density at radius 1 is 1.20 bits per heavy atom. The fourth-order valence-electron chi connectivity index (χ4n) is 1.24. The molecule has 0 rings (SSSR count). The smallest absolute Gasteiger partial charge is 0.435 e. The summed E-state index contributed by atoms with van der Waals surface area (Å²) in [4.78, 5) is 10.9. The molecule has 0 amide bonds. The maximum atomic E-state index is 10.9. The molecule has 2 radical (unpaired) electrons. The molecule has 0 heterocycles. The van der Waals surface area contributed by atoms with Gasteiger partial charge in [0.25, 0.3) is 0 Å². The van der Waals surface area contributed by atoms with Crippen LogP contribution in [0.5, 0.6) is 0 Å². The highest BCUT2D eigenvalue weighted by atomic mass is 24.3. The number of rotatable bonds is 7. The van der Waals surface area contributed by atoms with Crippen LogP contribution in [0.2, 0.25) is 0 Å². The van der Waals surface area contributed by atoms with E-state index < -0.39 is 6.16 Å². The van der Waals surface area contributed by atoms with Crippen LogP contribution in [-0.2, 0) is 9.47 Å². The zero-order valence-electron chi connectivity index (χ0n) is 10.3. The van der Waals surface area contributed by atoms with Crippen molar-refractivity contribution in [1.29, 1.82) is 0 Å². The first-order valence-electron chi connectivity index (χ1n) is 5.54. The second-order valence-corrected chi connectivity index (χ2v) is 3.41. The molecule has 86 valence electrons. The van der Waals surface area contributed by atoms with Crippen molar-refractivity contribution >= 4 is 29.2 Å². The van der Waals surface area contributed by atoms with Gasteiger partial charge in [-0.2, -0.15) is 0 Å². The third-order valence-electron chi connectivity index (χ3n) is 2.24. The number of carbonyl (C=O) groups excluding carboxylic acids is 1. The molecular weight excluding hydrogens is 204 g/mol. The van der Waals surface area contributed by atoms with Crippen molar-refractivity contribution in [3.8, 4) is 0 Å². The quantitative estimate of drug-likeness (QED) is 0.495. The van der Waals surface area contributed by atoms with Gasteiger partial charge < -0.3 is 9.47 Å². The van der Waals surface area contributed by atoms with Crippen molar-refractivity contribution < 1.29 is 14.3 Å². The van der Waals surface area contributed by atoms with Crippen molar-refractivity contribution in [3.05, 3.63) is 0 Å². The molecule has 3 nitrogen and oxygen atoms in total. The Hall–Kier alpha value is 0.0362. The summed E-state index contributed by atoms with van der Waals surface area (Å²) in [5.41, 5.74) is 0. The Morgan fingerprint density at radius 2 is 1.87 bits per heavy atom. The highest BCUT2D eigenvalue weighted by molar-refractivity contribution is 5.75. The lowest BCUT2D eigenvalue weighted by molar-refractivity contribution is 0.0459. The van der Waals surface area contributed by atoms with Gasteiger partial charge >= 0.3 is 6.16 Å². The molecule has 0 aromatic carbocycles. The van der Waals surface area contributed by atoms with Gasteiger partial charge in [0.15, 0.2) is 0 Å². The van der Waals surface area contributed by atoms with E-state index in [9.17, 15) is 4.79 Å². The van der Waals surface area contributed by atoms with E-state index in [1.807, 2.05) is 0 Å². The van der Waals surface area contributed by atoms with Crippen LogP contribution in [0.4, 0.5) is 4.79 Å². The molecule has 0 fully saturated rings. The predicted molar refractivity (Wildman–Crippen MR) is 62.0 cm³/mol. The summed E-state index contributed by atoms with van der Waals surface area (Å²) in [6.07, 6.45) is 4.04. The molecule has 0 bridgehead atoms. The van der Waals surface area contributed by atoms with Crippen LogP contribution in [0.3, 0.4) is 0 Å². The van der Waals surface area contributed by atoms with Gasteiger partial charge in [-0.25, -0.2) is 4.79 Å². The molecule has 0 aliphatic heterocycles. The highest BCUT2D eigenvalue weighted by Crippen LogP contribution is 2.12. The minimum Gasteiger partial charge on any atom is -0.435 e. The molecule has 0 N–H and O–H groups in total. The molecule has 4 heteroatoms. The number of carbonyl (C=O) groups is 1. The van der Waals surface area contributed by atoms with Gasteiger partial charge in [-0.3, -0.25) is 0 Å². The Balaban J connectivity index is 0. The van der Waals surface area contributed by atoms with Crippen LogP contribution in [0.1, 0.15) is 46.5 Å². The maximum Gasteiger partial charge on any atom is 0.508 e. The molecule has 1 unspecified atom stereocenters. The molecule has 0 saturated carbocycles. The Morgan fingerprint density at radius 3 is 2.33 bits per heavy atom. The number of unbranched alkanes of at least 4 members (excludes halogenated alkanes) is 1. The van der Waals surface area contributed by atoms with E-state index >= 15 is 0 Å². The number of ether oxygens (including phenoxy) is 2. The molecule has 0 aromatic heterocycles. The number of hydrogen-bond donors (Lipinski definition) is 0. The first kappa shape index (κ1) is 17.4. The van der Waals surface area contributed by atoms with Gasteiger partial charge in [0.05, 0.1) is 13.2 Å². The first-order chi connectivity index (χ1) is 6.74. The lowest BCUT2D eigenvalue weighted by Crippen LogP contribution is -2.14. The summed E-state index contributed by atoms with van der Waals surface area (Å²) in [6, 6.07) is 0. The van der Waals surface area contributed by atoms with E-state index in [1.165, 1.54) is 12.8 Å². The Labute approximate surface area is 109 Å². The van der Waals surface area contributed by atoms with Crippen molar-refractivity contribution in [2.24, 2.45) is 5.92 Å². The van der Waals surface area contributed by atoms with E-state index in [0.717, 1.165) is 12.8 Å². The summed E-state index contributed by atoms with van der Waals surface area (Å²) >= 11 is 0. The lowest BCUT2D eigenvalue weighted by Gasteiger charge is -2.13. The third-order valence-corrected chi connectivity index (χ3v) is 2.24.